The number of unbranched alkanes of at least 4 members (excludes halogenated alkanes) is 1. The highest BCUT2D eigenvalue weighted by Crippen LogP contribution is 2.18. The summed E-state index contributed by atoms with van der Waals surface area (Å²) in [4.78, 5) is 8.39. The third-order valence-corrected chi connectivity index (χ3v) is 2.18. The van der Waals surface area contributed by atoms with E-state index in [1.54, 1.807) is 0 Å². The molecule has 13 heavy (non-hydrogen) atoms. The molecule has 0 amide bonds. The number of rotatable bonds is 8. The van der Waals surface area contributed by atoms with Crippen LogP contribution in [0.4, 0.5) is 0 Å². The summed E-state index contributed by atoms with van der Waals surface area (Å²) >= 11 is 0. The molecule has 0 aromatic carbocycles. The first kappa shape index (κ1) is 13.1. The zero-order valence-corrected chi connectivity index (χ0v) is 8.61. The highest BCUT2D eigenvalue weighted by molar-refractivity contribution is 7.32. The Kier molecular flexibility index (Phi) is 8.71. The monoisotopic (exact) mass is 211 g/mol. The van der Waals surface area contributed by atoms with Crippen molar-refractivity contribution >= 4 is 8.25 Å². The zero-order valence-electron chi connectivity index (χ0n) is 7.61. The fourth-order valence-electron chi connectivity index (χ4n) is 0.994. The average molecular weight is 211 g/mol. The van der Waals surface area contributed by atoms with Gasteiger partial charge in [-0.1, -0.05) is 6.42 Å². The van der Waals surface area contributed by atoms with Crippen LogP contribution < -0.4 is 5.73 Å². The number of aliphatic hydroxyl groups excluding tert-OH is 1. The molecule has 0 saturated carbocycles. The highest BCUT2D eigenvalue weighted by Gasteiger charge is 2.08. The van der Waals surface area contributed by atoms with E-state index in [9.17, 15) is 4.57 Å². The molecular weight excluding hydrogens is 193 g/mol. The smallest absolute Gasteiger partial charge is 0.316 e. The molecule has 0 saturated heterocycles. The molecule has 0 spiro atoms. The number of nitrogens with two attached hydrogens (primary N) is 1. The Balaban J connectivity index is 3.45. The molecule has 0 aromatic heterocycles. The predicted molar refractivity (Wildman–Crippen MR) is 50.7 cm³/mol. The van der Waals surface area contributed by atoms with Crippen molar-refractivity contribution in [3.63, 3.8) is 0 Å². The van der Waals surface area contributed by atoms with Gasteiger partial charge in [0.25, 0.3) is 0 Å². The Morgan fingerprint density at radius 1 is 1.46 bits per heavy atom. The van der Waals surface area contributed by atoms with Gasteiger partial charge in [0, 0.05) is 12.5 Å². The van der Waals surface area contributed by atoms with Crippen LogP contribution in [0.5, 0.6) is 0 Å². The molecule has 0 radical (unpaired) electrons. The van der Waals surface area contributed by atoms with Crippen molar-refractivity contribution in [2.45, 2.75) is 19.3 Å². The van der Waals surface area contributed by atoms with E-state index >= 15 is 0 Å². The lowest BCUT2D eigenvalue weighted by molar-refractivity contribution is 0.150. The second-order valence-corrected chi connectivity index (χ2v) is 3.73. The Labute approximate surface area is 78.8 Å². The maximum absolute atomic E-state index is 10.2. The largest absolute Gasteiger partial charge is 0.396 e. The van der Waals surface area contributed by atoms with E-state index in [1.165, 1.54) is 0 Å². The molecule has 0 rings (SSSR count). The van der Waals surface area contributed by atoms with Gasteiger partial charge >= 0.3 is 8.25 Å². The van der Waals surface area contributed by atoms with Crippen LogP contribution in [0.3, 0.4) is 0 Å². The molecule has 0 aliphatic rings. The predicted octanol–water partition coefficient (Wildman–Crippen LogP) is 0.122. The van der Waals surface area contributed by atoms with E-state index in [2.05, 4.69) is 4.52 Å². The minimum Gasteiger partial charge on any atom is -0.396 e. The van der Waals surface area contributed by atoms with Gasteiger partial charge in [-0.25, -0.2) is 0 Å². The first-order valence-electron chi connectivity index (χ1n) is 4.37. The summed E-state index contributed by atoms with van der Waals surface area (Å²) in [5.41, 5.74) is 5.30. The van der Waals surface area contributed by atoms with Gasteiger partial charge in [-0.3, -0.25) is 4.57 Å². The second-order valence-electron chi connectivity index (χ2n) is 2.91. The lowest BCUT2D eigenvalue weighted by atomic mass is 10.0. The highest BCUT2D eigenvalue weighted by atomic mass is 31.1. The third-order valence-electron chi connectivity index (χ3n) is 1.77. The molecule has 2 atom stereocenters. The fourth-order valence-corrected chi connectivity index (χ4v) is 1.37. The van der Waals surface area contributed by atoms with Crippen molar-refractivity contribution in [1.29, 1.82) is 0 Å². The van der Waals surface area contributed by atoms with Gasteiger partial charge in [-0.15, -0.1) is 0 Å². The van der Waals surface area contributed by atoms with Gasteiger partial charge in [0.15, 0.2) is 0 Å². The molecule has 0 bridgehead atoms. The lowest BCUT2D eigenvalue weighted by Crippen LogP contribution is -2.12. The molecule has 6 heteroatoms. The minimum atomic E-state index is -2.86. The first-order valence-corrected chi connectivity index (χ1v) is 5.63. The number of hydrogen-bond donors (Lipinski definition) is 3. The third kappa shape index (κ3) is 8.40. The minimum absolute atomic E-state index is 0.0142. The Morgan fingerprint density at radius 2 is 2.15 bits per heavy atom. The van der Waals surface area contributed by atoms with Crippen LogP contribution in [0.1, 0.15) is 19.3 Å². The van der Waals surface area contributed by atoms with Gasteiger partial charge in [0.05, 0.1) is 6.61 Å². The lowest BCUT2D eigenvalue weighted by Gasteiger charge is -2.12. The van der Waals surface area contributed by atoms with Gasteiger partial charge in [0.2, 0.25) is 0 Å². The van der Waals surface area contributed by atoms with Crippen molar-refractivity contribution in [2.75, 3.05) is 19.8 Å². The maximum atomic E-state index is 10.2. The summed E-state index contributed by atoms with van der Waals surface area (Å²) in [5.74, 6) is -0.0485. The molecule has 80 valence electrons. The topological polar surface area (TPSA) is 92.8 Å². The van der Waals surface area contributed by atoms with Crippen LogP contribution in [-0.2, 0) is 9.09 Å². The Morgan fingerprint density at radius 3 is 2.62 bits per heavy atom. The molecule has 0 aromatic rings. The quantitative estimate of drug-likeness (QED) is 0.392. The fraction of sp³-hybridized carbons (Fsp3) is 1.00. The summed E-state index contributed by atoms with van der Waals surface area (Å²) < 4.78 is 14.7. The summed E-state index contributed by atoms with van der Waals surface area (Å²) in [7, 11) is -2.86. The summed E-state index contributed by atoms with van der Waals surface area (Å²) in [6, 6.07) is 0. The van der Waals surface area contributed by atoms with Crippen molar-refractivity contribution < 1.29 is 19.1 Å². The Hall–Kier alpha value is 0.0700. The molecule has 0 fully saturated rings. The molecule has 0 aliphatic heterocycles. The van der Waals surface area contributed by atoms with E-state index in [-0.39, 0.29) is 19.1 Å². The molecule has 5 nitrogen and oxygen atoms in total. The van der Waals surface area contributed by atoms with Gasteiger partial charge in [0.1, 0.15) is 0 Å². The van der Waals surface area contributed by atoms with Crippen LogP contribution >= 0.6 is 8.25 Å². The zero-order chi connectivity index (χ0) is 10.1. The molecule has 0 heterocycles. The summed E-state index contributed by atoms with van der Waals surface area (Å²) in [6.45, 7) is 0.769. The van der Waals surface area contributed by atoms with Crippen molar-refractivity contribution in [1.82, 2.24) is 0 Å². The van der Waals surface area contributed by atoms with E-state index in [0.29, 0.717) is 6.54 Å². The van der Waals surface area contributed by atoms with Crippen LogP contribution in [0.15, 0.2) is 0 Å². The summed E-state index contributed by atoms with van der Waals surface area (Å²) in [5, 5.41) is 8.85. The van der Waals surface area contributed by atoms with Gasteiger partial charge < -0.3 is 20.3 Å². The number of aliphatic hydroxyl groups is 1. The van der Waals surface area contributed by atoms with E-state index < -0.39 is 8.25 Å². The van der Waals surface area contributed by atoms with Crippen molar-refractivity contribution in [3.05, 3.63) is 0 Å². The Bertz CT molecular complexity index is 144. The molecule has 4 N–H and O–H groups in total. The van der Waals surface area contributed by atoms with E-state index in [1.807, 2.05) is 0 Å². The van der Waals surface area contributed by atoms with Crippen LogP contribution in [0.25, 0.3) is 0 Å². The van der Waals surface area contributed by atoms with Crippen LogP contribution in [0, 0.1) is 5.92 Å². The second kappa shape index (κ2) is 8.66. The maximum Gasteiger partial charge on any atom is 0.316 e. The van der Waals surface area contributed by atoms with E-state index in [4.69, 9.17) is 15.7 Å². The summed E-state index contributed by atoms with van der Waals surface area (Å²) in [6.07, 6.45) is 2.60. The van der Waals surface area contributed by atoms with E-state index in [0.717, 1.165) is 19.3 Å². The number of hydrogen-bond acceptors (Lipinski definition) is 4. The molecular formula is C7H18NO4P. The van der Waals surface area contributed by atoms with Crippen LogP contribution in [0.2, 0.25) is 0 Å². The van der Waals surface area contributed by atoms with Gasteiger partial charge in [-0.2, -0.15) is 0 Å². The van der Waals surface area contributed by atoms with Crippen LogP contribution in [-0.4, -0.2) is 29.8 Å². The standard InChI is InChI=1S/C7H18NO4P/c8-4-2-1-3-7(5-9)6-12-13(10)11/h7,9,13H,1-6,8H2,(H,10,11). The van der Waals surface area contributed by atoms with Crippen molar-refractivity contribution in [2.24, 2.45) is 11.7 Å². The first-order chi connectivity index (χ1) is 6.20. The molecule has 2 unspecified atom stereocenters. The molecule has 0 aliphatic carbocycles. The normalized spacial score (nSPS) is 15.6. The van der Waals surface area contributed by atoms with Crippen molar-refractivity contribution in [3.8, 4) is 0 Å². The SMILES string of the molecule is NCCCCC(CO)CO[PH](=O)O. The van der Waals surface area contributed by atoms with Gasteiger partial charge in [-0.05, 0) is 19.4 Å². The average Bonchev–Trinajstić information content (AvgIpc) is 2.10.